The summed E-state index contributed by atoms with van der Waals surface area (Å²) in [7, 11) is 2.00. The Morgan fingerprint density at radius 1 is 1.53 bits per heavy atom. The largest absolute Gasteiger partial charge is 0.393 e. The van der Waals surface area contributed by atoms with E-state index in [2.05, 4.69) is 4.90 Å². The summed E-state index contributed by atoms with van der Waals surface area (Å²) in [6, 6.07) is 7.50. The molecule has 90 valence electrons. The number of halogens is 1. The number of nitrogens with zero attached hydrogens (tertiary/aromatic N) is 2. The molecule has 3 nitrogen and oxygen atoms in total. The summed E-state index contributed by atoms with van der Waals surface area (Å²) in [4.78, 5) is 2.11. The number of benzene rings is 1. The summed E-state index contributed by atoms with van der Waals surface area (Å²) in [5.74, 6) is 0.560. The Bertz CT molecular complexity index is 449. The van der Waals surface area contributed by atoms with Crippen molar-refractivity contribution in [2.45, 2.75) is 18.9 Å². The molecule has 17 heavy (non-hydrogen) atoms. The van der Waals surface area contributed by atoms with Gasteiger partial charge in [-0.3, -0.25) is 0 Å². The summed E-state index contributed by atoms with van der Waals surface area (Å²) >= 11 is 5.99. The van der Waals surface area contributed by atoms with Gasteiger partial charge in [-0.1, -0.05) is 11.6 Å². The maximum atomic E-state index is 9.24. The minimum Gasteiger partial charge on any atom is -0.393 e. The molecule has 1 aromatic rings. The van der Waals surface area contributed by atoms with Crippen LogP contribution in [0.5, 0.6) is 0 Å². The maximum absolute atomic E-state index is 9.24. The standard InChI is InChI=1S/C13H15ClN2O/c1-16(8-9-4-12(17)5-9)11-3-2-10(7-15)13(14)6-11/h2-3,6,9,12,17H,4-5,8H2,1H3. The monoisotopic (exact) mass is 250 g/mol. The Labute approximate surface area is 106 Å². The Hall–Kier alpha value is -1.24. The van der Waals surface area contributed by atoms with Crippen LogP contribution in [-0.4, -0.2) is 24.8 Å². The highest BCUT2D eigenvalue weighted by Gasteiger charge is 2.28. The molecule has 4 heteroatoms. The summed E-state index contributed by atoms with van der Waals surface area (Å²) in [5.41, 5.74) is 1.51. The van der Waals surface area contributed by atoms with E-state index in [4.69, 9.17) is 16.9 Å². The highest BCUT2D eigenvalue weighted by atomic mass is 35.5. The average Bonchev–Trinajstić information content (AvgIpc) is 2.26. The lowest BCUT2D eigenvalue weighted by molar-refractivity contribution is 0.0465. The topological polar surface area (TPSA) is 47.3 Å². The van der Waals surface area contributed by atoms with Crippen LogP contribution < -0.4 is 4.90 Å². The summed E-state index contributed by atoms with van der Waals surface area (Å²) in [6.07, 6.45) is 1.65. The molecule has 0 spiro atoms. The van der Waals surface area contributed by atoms with Crippen molar-refractivity contribution in [2.24, 2.45) is 5.92 Å². The normalized spacial score (nSPS) is 22.7. The van der Waals surface area contributed by atoms with Crippen molar-refractivity contribution in [1.82, 2.24) is 0 Å². The van der Waals surface area contributed by atoms with E-state index in [1.165, 1.54) is 0 Å². The Morgan fingerprint density at radius 3 is 2.76 bits per heavy atom. The van der Waals surface area contributed by atoms with E-state index in [9.17, 15) is 5.11 Å². The van der Waals surface area contributed by atoms with E-state index >= 15 is 0 Å². The van der Waals surface area contributed by atoms with Gasteiger partial charge in [0.2, 0.25) is 0 Å². The van der Waals surface area contributed by atoms with Gasteiger partial charge in [-0.15, -0.1) is 0 Å². The van der Waals surface area contributed by atoms with Crippen molar-refractivity contribution in [2.75, 3.05) is 18.5 Å². The molecule has 0 aliphatic heterocycles. The second-order valence-electron chi connectivity index (χ2n) is 4.65. The van der Waals surface area contributed by atoms with Crippen molar-refractivity contribution in [3.63, 3.8) is 0 Å². The molecule has 1 saturated carbocycles. The molecule has 1 aliphatic carbocycles. The zero-order valence-electron chi connectivity index (χ0n) is 9.73. The van der Waals surface area contributed by atoms with Gasteiger partial charge in [0.05, 0.1) is 16.7 Å². The van der Waals surface area contributed by atoms with Crippen molar-refractivity contribution < 1.29 is 5.11 Å². The SMILES string of the molecule is CN(CC1CC(O)C1)c1ccc(C#N)c(Cl)c1. The van der Waals surface area contributed by atoms with Crippen molar-refractivity contribution in [1.29, 1.82) is 5.26 Å². The Kier molecular flexibility index (Phi) is 3.56. The van der Waals surface area contributed by atoms with Crippen LogP contribution in [0.3, 0.4) is 0 Å². The van der Waals surface area contributed by atoms with E-state index in [1.807, 2.05) is 25.2 Å². The van der Waals surface area contributed by atoms with Gasteiger partial charge in [-0.25, -0.2) is 0 Å². The lowest BCUT2D eigenvalue weighted by atomic mass is 9.82. The lowest BCUT2D eigenvalue weighted by Crippen LogP contribution is -2.37. The average molecular weight is 251 g/mol. The predicted octanol–water partition coefficient (Wildman–Crippen LogP) is 2.42. The smallest absolute Gasteiger partial charge is 0.101 e. The van der Waals surface area contributed by atoms with Crippen LogP contribution in [-0.2, 0) is 0 Å². The van der Waals surface area contributed by atoms with Gasteiger partial charge < -0.3 is 10.0 Å². The van der Waals surface area contributed by atoms with Gasteiger partial charge in [0.25, 0.3) is 0 Å². The maximum Gasteiger partial charge on any atom is 0.101 e. The minimum absolute atomic E-state index is 0.113. The molecule has 1 fully saturated rings. The third-order valence-corrected chi connectivity index (χ3v) is 3.57. The van der Waals surface area contributed by atoms with Gasteiger partial charge >= 0.3 is 0 Å². The fraction of sp³-hybridized carbons (Fsp3) is 0.462. The van der Waals surface area contributed by atoms with Crippen molar-refractivity contribution >= 4 is 17.3 Å². The fourth-order valence-electron chi connectivity index (χ4n) is 2.17. The van der Waals surface area contributed by atoms with Crippen LogP contribution >= 0.6 is 11.6 Å². The Balaban J connectivity index is 2.02. The molecule has 0 atom stereocenters. The molecular weight excluding hydrogens is 236 g/mol. The molecule has 0 bridgehead atoms. The van der Waals surface area contributed by atoms with Gasteiger partial charge in [0.1, 0.15) is 6.07 Å². The van der Waals surface area contributed by atoms with Crippen molar-refractivity contribution in [3.05, 3.63) is 28.8 Å². The second kappa shape index (κ2) is 4.95. The van der Waals surface area contributed by atoms with E-state index in [0.717, 1.165) is 25.1 Å². The first kappa shape index (κ1) is 12.2. The summed E-state index contributed by atoms with van der Waals surface area (Å²) < 4.78 is 0. The summed E-state index contributed by atoms with van der Waals surface area (Å²) in [5, 5.41) is 18.5. The third kappa shape index (κ3) is 2.71. The molecule has 0 radical (unpaired) electrons. The molecule has 0 unspecified atom stereocenters. The number of hydrogen-bond acceptors (Lipinski definition) is 3. The van der Waals surface area contributed by atoms with Gasteiger partial charge in [0, 0.05) is 19.3 Å². The van der Waals surface area contributed by atoms with Crippen LogP contribution in [0.15, 0.2) is 18.2 Å². The number of aliphatic hydroxyl groups excluding tert-OH is 1. The molecule has 0 heterocycles. The highest BCUT2D eigenvalue weighted by molar-refractivity contribution is 6.32. The number of hydrogen-bond donors (Lipinski definition) is 1. The number of aliphatic hydroxyl groups is 1. The van der Waals surface area contributed by atoms with E-state index < -0.39 is 0 Å². The van der Waals surface area contributed by atoms with Gasteiger partial charge in [-0.2, -0.15) is 5.26 Å². The van der Waals surface area contributed by atoms with E-state index in [0.29, 0.717) is 16.5 Å². The second-order valence-corrected chi connectivity index (χ2v) is 5.05. The molecular formula is C13H15ClN2O. The molecule has 0 aromatic heterocycles. The third-order valence-electron chi connectivity index (χ3n) is 3.26. The van der Waals surface area contributed by atoms with Gasteiger partial charge in [-0.05, 0) is 37.0 Å². The van der Waals surface area contributed by atoms with Crippen LogP contribution in [0.25, 0.3) is 0 Å². The van der Waals surface area contributed by atoms with E-state index in [-0.39, 0.29) is 6.10 Å². The minimum atomic E-state index is -0.113. The fourth-order valence-corrected chi connectivity index (χ4v) is 2.39. The first-order chi connectivity index (χ1) is 8.10. The quantitative estimate of drug-likeness (QED) is 0.896. The number of anilines is 1. The molecule has 1 aromatic carbocycles. The highest BCUT2D eigenvalue weighted by Crippen LogP contribution is 2.30. The molecule has 1 aliphatic rings. The van der Waals surface area contributed by atoms with E-state index in [1.54, 1.807) is 6.07 Å². The van der Waals surface area contributed by atoms with Crippen LogP contribution in [0.2, 0.25) is 5.02 Å². The number of rotatable bonds is 3. The first-order valence-corrected chi connectivity index (χ1v) is 6.07. The molecule has 0 saturated heterocycles. The zero-order valence-corrected chi connectivity index (χ0v) is 10.5. The first-order valence-electron chi connectivity index (χ1n) is 5.69. The Morgan fingerprint density at radius 2 is 2.24 bits per heavy atom. The van der Waals surface area contributed by atoms with Crippen molar-refractivity contribution in [3.8, 4) is 6.07 Å². The van der Waals surface area contributed by atoms with Crippen LogP contribution in [0.4, 0.5) is 5.69 Å². The van der Waals surface area contributed by atoms with Crippen LogP contribution in [0, 0.1) is 17.2 Å². The molecule has 0 amide bonds. The molecule has 1 N–H and O–H groups in total. The lowest BCUT2D eigenvalue weighted by Gasteiger charge is -2.35. The summed E-state index contributed by atoms with van der Waals surface area (Å²) in [6.45, 7) is 0.916. The van der Waals surface area contributed by atoms with Crippen LogP contribution in [0.1, 0.15) is 18.4 Å². The number of nitriles is 1. The van der Waals surface area contributed by atoms with Gasteiger partial charge in [0.15, 0.2) is 0 Å². The predicted molar refractivity (Wildman–Crippen MR) is 68.2 cm³/mol. The molecule has 2 rings (SSSR count). The zero-order chi connectivity index (χ0) is 12.4.